The number of ether oxygens (including phenoxy) is 2. The third kappa shape index (κ3) is 2.38. The van der Waals surface area contributed by atoms with Crippen LogP contribution >= 0.6 is 0 Å². The Hall–Kier alpha value is -2.47. The summed E-state index contributed by atoms with van der Waals surface area (Å²) in [5, 5.41) is 8.97. The minimum Gasteiger partial charge on any atom is -0.493 e. The lowest BCUT2D eigenvalue weighted by Crippen LogP contribution is -1.95. The van der Waals surface area contributed by atoms with Gasteiger partial charge >= 0.3 is 0 Å². The van der Waals surface area contributed by atoms with Crippen molar-refractivity contribution < 1.29 is 9.47 Å². The van der Waals surface area contributed by atoms with Gasteiger partial charge in [0.05, 0.1) is 25.9 Å². The van der Waals surface area contributed by atoms with Gasteiger partial charge in [-0.05, 0) is 30.2 Å². The maximum absolute atomic E-state index is 8.97. The summed E-state index contributed by atoms with van der Waals surface area (Å²) in [7, 11) is 3.25. The molecule has 0 N–H and O–H groups in total. The summed E-state index contributed by atoms with van der Waals surface area (Å²) in [4.78, 5) is 0. The number of hydrogen-bond donors (Lipinski definition) is 0. The van der Waals surface area contributed by atoms with Crippen molar-refractivity contribution in [3.8, 4) is 28.7 Å². The predicted molar refractivity (Wildman–Crippen MR) is 74.4 cm³/mol. The van der Waals surface area contributed by atoms with Crippen LogP contribution in [0.15, 0.2) is 36.4 Å². The number of rotatable bonds is 3. The lowest BCUT2D eigenvalue weighted by Gasteiger charge is -2.15. The Labute approximate surface area is 113 Å². The SMILES string of the molecule is COc1c(C)ccc(-c2cccc(C#N)c2)c1OC. The molecule has 2 aromatic carbocycles. The van der Waals surface area contributed by atoms with Crippen LogP contribution in [0.1, 0.15) is 11.1 Å². The molecular weight excluding hydrogens is 238 g/mol. The Morgan fingerprint density at radius 1 is 1.00 bits per heavy atom. The minimum absolute atomic E-state index is 0.624. The molecule has 96 valence electrons. The highest BCUT2D eigenvalue weighted by atomic mass is 16.5. The summed E-state index contributed by atoms with van der Waals surface area (Å²) in [6, 6.07) is 13.5. The molecule has 0 aliphatic carbocycles. The van der Waals surface area contributed by atoms with Crippen LogP contribution in [0.25, 0.3) is 11.1 Å². The lowest BCUT2D eigenvalue weighted by molar-refractivity contribution is 0.354. The molecule has 0 amide bonds. The van der Waals surface area contributed by atoms with Gasteiger partial charge in [0.2, 0.25) is 0 Å². The number of nitrogens with zero attached hydrogens (tertiary/aromatic N) is 1. The molecule has 2 rings (SSSR count). The molecule has 0 aromatic heterocycles. The van der Waals surface area contributed by atoms with Crippen LogP contribution in [-0.2, 0) is 0 Å². The van der Waals surface area contributed by atoms with E-state index < -0.39 is 0 Å². The van der Waals surface area contributed by atoms with E-state index in [9.17, 15) is 0 Å². The van der Waals surface area contributed by atoms with Gasteiger partial charge in [-0.25, -0.2) is 0 Å². The molecule has 0 bridgehead atoms. The normalized spacial score (nSPS) is 9.79. The summed E-state index contributed by atoms with van der Waals surface area (Å²) in [6.45, 7) is 1.97. The van der Waals surface area contributed by atoms with Gasteiger partial charge in [-0.3, -0.25) is 0 Å². The van der Waals surface area contributed by atoms with Crippen molar-refractivity contribution in [2.45, 2.75) is 6.92 Å². The minimum atomic E-state index is 0.624. The van der Waals surface area contributed by atoms with Gasteiger partial charge in [-0.2, -0.15) is 5.26 Å². The predicted octanol–water partition coefficient (Wildman–Crippen LogP) is 3.55. The third-order valence-electron chi connectivity index (χ3n) is 3.02. The first-order valence-corrected chi connectivity index (χ1v) is 5.93. The van der Waals surface area contributed by atoms with Crippen molar-refractivity contribution in [3.05, 3.63) is 47.5 Å². The highest BCUT2D eigenvalue weighted by molar-refractivity contribution is 5.75. The zero-order valence-corrected chi connectivity index (χ0v) is 11.2. The average molecular weight is 253 g/mol. The standard InChI is InChI=1S/C16H15NO2/c1-11-7-8-14(16(19-3)15(11)18-2)13-6-4-5-12(9-13)10-17/h4-9H,1-3H3. The molecular formula is C16H15NO2. The molecule has 0 saturated carbocycles. The summed E-state index contributed by atoms with van der Waals surface area (Å²) >= 11 is 0. The number of methoxy groups -OCH3 is 2. The molecule has 0 aliphatic heterocycles. The van der Waals surface area contributed by atoms with Gasteiger partial charge in [-0.1, -0.05) is 24.3 Å². The Bertz CT molecular complexity index is 642. The van der Waals surface area contributed by atoms with Crippen LogP contribution in [0, 0.1) is 18.3 Å². The second-order valence-electron chi connectivity index (χ2n) is 4.19. The molecule has 0 fully saturated rings. The number of benzene rings is 2. The fraction of sp³-hybridized carbons (Fsp3) is 0.188. The number of hydrogen-bond acceptors (Lipinski definition) is 3. The zero-order valence-electron chi connectivity index (χ0n) is 11.2. The van der Waals surface area contributed by atoms with Crippen LogP contribution < -0.4 is 9.47 Å². The monoisotopic (exact) mass is 253 g/mol. The third-order valence-corrected chi connectivity index (χ3v) is 3.02. The molecule has 0 radical (unpaired) electrons. The highest BCUT2D eigenvalue weighted by Gasteiger charge is 2.14. The van der Waals surface area contributed by atoms with Crippen molar-refractivity contribution in [2.75, 3.05) is 14.2 Å². The molecule has 0 spiro atoms. The molecule has 0 heterocycles. The van der Waals surface area contributed by atoms with Crippen molar-refractivity contribution in [3.63, 3.8) is 0 Å². The van der Waals surface area contributed by atoms with E-state index in [0.717, 1.165) is 22.4 Å². The Morgan fingerprint density at radius 3 is 2.37 bits per heavy atom. The first-order valence-electron chi connectivity index (χ1n) is 5.93. The van der Waals surface area contributed by atoms with Gasteiger partial charge in [0, 0.05) is 5.56 Å². The summed E-state index contributed by atoms with van der Waals surface area (Å²) in [5.74, 6) is 1.42. The van der Waals surface area contributed by atoms with E-state index in [-0.39, 0.29) is 0 Å². The second kappa shape index (κ2) is 5.45. The topological polar surface area (TPSA) is 42.2 Å². The maximum Gasteiger partial charge on any atom is 0.168 e. The molecule has 0 saturated heterocycles. The van der Waals surface area contributed by atoms with Crippen LogP contribution in [0.5, 0.6) is 11.5 Å². The van der Waals surface area contributed by atoms with Crippen LogP contribution in [0.3, 0.4) is 0 Å². The molecule has 0 unspecified atom stereocenters. The Kier molecular flexibility index (Phi) is 3.72. The summed E-state index contributed by atoms with van der Waals surface area (Å²) in [6.07, 6.45) is 0. The van der Waals surface area contributed by atoms with E-state index in [2.05, 4.69) is 6.07 Å². The first-order chi connectivity index (χ1) is 9.21. The van der Waals surface area contributed by atoms with E-state index in [4.69, 9.17) is 14.7 Å². The van der Waals surface area contributed by atoms with E-state index in [1.807, 2.05) is 37.3 Å². The van der Waals surface area contributed by atoms with Crippen molar-refractivity contribution >= 4 is 0 Å². The lowest BCUT2D eigenvalue weighted by atomic mass is 10.0. The summed E-state index contributed by atoms with van der Waals surface area (Å²) < 4.78 is 10.9. The molecule has 3 heteroatoms. The molecule has 3 nitrogen and oxygen atoms in total. The van der Waals surface area contributed by atoms with Crippen molar-refractivity contribution in [1.82, 2.24) is 0 Å². The molecule has 0 atom stereocenters. The van der Waals surface area contributed by atoms with E-state index in [1.165, 1.54) is 0 Å². The quantitative estimate of drug-likeness (QED) is 0.840. The number of aryl methyl sites for hydroxylation is 1. The molecule has 0 aliphatic rings. The Balaban J connectivity index is 2.65. The zero-order chi connectivity index (χ0) is 13.8. The average Bonchev–Trinajstić information content (AvgIpc) is 2.46. The van der Waals surface area contributed by atoms with E-state index >= 15 is 0 Å². The van der Waals surface area contributed by atoms with Gasteiger partial charge in [-0.15, -0.1) is 0 Å². The summed E-state index contributed by atoms with van der Waals surface area (Å²) in [5.41, 5.74) is 3.50. The van der Waals surface area contributed by atoms with Crippen LogP contribution in [0.4, 0.5) is 0 Å². The first kappa shape index (κ1) is 13.0. The maximum atomic E-state index is 8.97. The van der Waals surface area contributed by atoms with Crippen LogP contribution in [0.2, 0.25) is 0 Å². The van der Waals surface area contributed by atoms with Crippen LogP contribution in [-0.4, -0.2) is 14.2 Å². The smallest absolute Gasteiger partial charge is 0.168 e. The van der Waals surface area contributed by atoms with Gasteiger partial charge in [0.1, 0.15) is 0 Å². The Morgan fingerprint density at radius 2 is 1.74 bits per heavy atom. The van der Waals surface area contributed by atoms with Gasteiger partial charge in [0.25, 0.3) is 0 Å². The highest BCUT2D eigenvalue weighted by Crippen LogP contribution is 2.40. The van der Waals surface area contributed by atoms with Crippen molar-refractivity contribution in [1.29, 1.82) is 5.26 Å². The van der Waals surface area contributed by atoms with E-state index in [1.54, 1.807) is 20.3 Å². The van der Waals surface area contributed by atoms with E-state index in [0.29, 0.717) is 11.3 Å². The fourth-order valence-electron chi connectivity index (χ4n) is 2.10. The number of nitriles is 1. The van der Waals surface area contributed by atoms with Crippen molar-refractivity contribution in [2.24, 2.45) is 0 Å². The van der Waals surface area contributed by atoms with Gasteiger partial charge in [0.15, 0.2) is 11.5 Å². The second-order valence-corrected chi connectivity index (χ2v) is 4.19. The largest absolute Gasteiger partial charge is 0.493 e. The van der Waals surface area contributed by atoms with Gasteiger partial charge < -0.3 is 9.47 Å². The fourth-order valence-corrected chi connectivity index (χ4v) is 2.10. The molecule has 19 heavy (non-hydrogen) atoms. The molecule has 2 aromatic rings.